The Kier molecular flexibility index (Phi) is 11.0. The molecule has 0 saturated carbocycles. The fourth-order valence-electron chi connectivity index (χ4n) is 2.84. The van der Waals surface area contributed by atoms with Crippen molar-refractivity contribution in [2.75, 3.05) is 0 Å². The van der Waals surface area contributed by atoms with E-state index >= 15 is 0 Å². The summed E-state index contributed by atoms with van der Waals surface area (Å²) in [7, 11) is 0. The maximum Gasteiger partial charge on any atom is 0.257 e. The number of rotatable bonds is 8. The van der Waals surface area contributed by atoms with Crippen LogP contribution in [0.5, 0.6) is 0 Å². The molecule has 4 N–H and O–H groups in total. The Labute approximate surface area is 218 Å². The van der Waals surface area contributed by atoms with E-state index in [4.69, 9.17) is 0 Å². The van der Waals surface area contributed by atoms with Gasteiger partial charge in [0.15, 0.2) is 0 Å². The molecule has 0 aliphatic rings. The van der Waals surface area contributed by atoms with Crippen molar-refractivity contribution < 1.29 is 40.9 Å². The van der Waals surface area contributed by atoms with Gasteiger partial charge in [0.2, 0.25) is 0 Å². The van der Waals surface area contributed by atoms with Crippen LogP contribution < -0.4 is 0 Å². The Morgan fingerprint density at radius 2 is 0.771 bits per heavy atom. The summed E-state index contributed by atoms with van der Waals surface area (Å²) < 4.78 is 0. The smallest absolute Gasteiger partial charge is 0.257 e. The summed E-state index contributed by atoms with van der Waals surface area (Å²) in [5.74, 6) is 0.0119. The first kappa shape index (κ1) is 27.1. The molecule has 2 heterocycles. The summed E-state index contributed by atoms with van der Waals surface area (Å²) in [6, 6.07) is 25.0. The summed E-state index contributed by atoms with van der Waals surface area (Å²) in [4.78, 5) is 47.0. The molecule has 7 heteroatoms. The van der Waals surface area contributed by atoms with E-state index in [1.54, 1.807) is 60.9 Å². The maximum atomic E-state index is 9.81. The first-order valence-electron chi connectivity index (χ1n) is 10.4. The summed E-state index contributed by atoms with van der Waals surface area (Å²) in [5.41, 5.74) is 2.44. The normalized spacial score (nSPS) is 9.37. The van der Waals surface area contributed by atoms with Gasteiger partial charge in [0, 0.05) is 47.0 Å². The van der Waals surface area contributed by atoms with Crippen molar-refractivity contribution in [2.45, 2.75) is 0 Å². The minimum atomic E-state index is -0.0144. The van der Waals surface area contributed by atoms with Gasteiger partial charge in [0.05, 0.1) is 0 Å². The Hall–Kier alpha value is -4.13. The molecular formula is C28H24N2O4Ti+2. The molecule has 172 valence electrons. The van der Waals surface area contributed by atoms with Gasteiger partial charge in [-0.25, -0.2) is 0 Å². The van der Waals surface area contributed by atoms with Crippen LogP contribution in [0.25, 0.3) is 0 Å². The zero-order chi connectivity index (χ0) is 24.2. The molecule has 4 rings (SSSR count). The van der Waals surface area contributed by atoms with E-state index in [-0.39, 0.29) is 44.9 Å². The number of benzene rings is 2. The molecule has 0 amide bonds. The van der Waals surface area contributed by atoms with Crippen molar-refractivity contribution in [1.29, 1.82) is 0 Å². The number of hydrogen-bond acceptors (Lipinski definition) is 2. The Balaban J connectivity index is 0.000000240. The third kappa shape index (κ3) is 8.63. The summed E-state index contributed by atoms with van der Waals surface area (Å²) in [5, 5.41) is 0. The first-order valence-corrected chi connectivity index (χ1v) is 10.4. The maximum absolute atomic E-state index is 9.81. The number of ketones is 4. The van der Waals surface area contributed by atoms with Crippen LogP contribution in [0.4, 0.5) is 0 Å². The Morgan fingerprint density at radius 1 is 0.457 bits per heavy atom. The van der Waals surface area contributed by atoms with Gasteiger partial charge in [0.25, 0.3) is 23.1 Å². The monoisotopic (exact) mass is 500 g/mol. The summed E-state index contributed by atoms with van der Waals surface area (Å²) >= 11 is 0. The molecule has 6 nitrogen and oxygen atoms in total. The average molecular weight is 500 g/mol. The van der Waals surface area contributed by atoms with Gasteiger partial charge in [-0.2, -0.15) is 0 Å². The number of aromatic nitrogens is 2. The fraction of sp³-hybridized carbons (Fsp3) is 0. The molecule has 0 bridgehead atoms. The Bertz CT molecular complexity index is 1050. The van der Waals surface area contributed by atoms with Crippen LogP contribution in [0.1, 0.15) is 22.3 Å². The van der Waals surface area contributed by atoms with Crippen molar-refractivity contribution in [1.82, 2.24) is 9.97 Å². The number of pyridine rings is 2. The quantitative estimate of drug-likeness (QED) is 0.121. The van der Waals surface area contributed by atoms with Crippen molar-refractivity contribution in [3.8, 4) is 0 Å². The van der Waals surface area contributed by atoms with Gasteiger partial charge < -0.3 is 19.2 Å². The van der Waals surface area contributed by atoms with E-state index in [1.165, 1.54) is 25.2 Å². The van der Waals surface area contributed by atoms with E-state index in [2.05, 4.69) is 9.97 Å². The van der Waals surface area contributed by atoms with Crippen LogP contribution in [0, 0.1) is 12.8 Å². The molecule has 35 heavy (non-hydrogen) atoms. The number of hydrogen-bond donors (Lipinski definition) is 0. The third-order valence-corrected chi connectivity index (χ3v) is 4.60. The predicted molar refractivity (Wildman–Crippen MR) is 134 cm³/mol. The van der Waals surface area contributed by atoms with Gasteiger partial charge in [-0.3, -0.25) is 9.97 Å². The van der Waals surface area contributed by atoms with Crippen molar-refractivity contribution >= 4 is 23.1 Å². The van der Waals surface area contributed by atoms with Crippen LogP contribution in [-0.4, -0.2) is 52.3 Å². The zero-order valence-electron chi connectivity index (χ0n) is 18.7. The second-order valence-electron chi connectivity index (χ2n) is 7.05. The average Bonchev–Trinajstić information content (AvgIpc) is 2.91. The minimum Gasteiger partial charge on any atom is -0.300 e. The molecule has 0 spiro atoms. The van der Waals surface area contributed by atoms with Gasteiger partial charge in [0.1, 0.15) is 0 Å². The van der Waals surface area contributed by atoms with E-state index in [0.29, 0.717) is 22.3 Å². The molecule has 0 radical (unpaired) electrons. The van der Waals surface area contributed by atoms with Gasteiger partial charge in [-0.1, -0.05) is 60.7 Å². The molecule has 2 aromatic carbocycles. The molecule has 0 aliphatic carbocycles. The second kappa shape index (κ2) is 14.2. The SMILES string of the molecule is [OH+]=C([CH-]C(=[OH+])c1cccnc1)c1ccccc1.[OH+]=C([CH-]C(=[OH+])c1cccnc1)c1ccccc1.[Ti]. The van der Waals surface area contributed by atoms with Crippen LogP contribution in [0.2, 0.25) is 0 Å². The number of nitrogens with zero attached hydrogens (tertiary/aromatic N) is 2. The van der Waals surface area contributed by atoms with Crippen LogP contribution in [-0.2, 0) is 21.7 Å². The van der Waals surface area contributed by atoms with Gasteiger partial charge in [-0.05, 0) is 34.6 Å². The van der Waals surface area contributed by atoms with Crippen molar-refractivity contribution in [3.63, 3.8) is 0 Å². The second-order valence-corrected chi connectivity index (χ2v) is 7.05. The zero-order valence-corrected chi connectivity index (χ0v) is 20.3. The molecule has 0 unspecified atom stereocenters. The van der Waals surface area contributed by atoms with Crippen LogP contribution in [0.3, 0.4) is 0 Å². The van der Waals surface area contributed by atoms with Crippen LogP contribution >= 0.6 is 0 Å². The van der Waals surface area contributed by atoms with E-state index in [9.17, 15) is 19.2 Å². The largest absolute Gasteiger partial charge is 0.300 e. The molecule has 4 aromatic rings. The van der Waals surface area contributed by atoms with Crippen molar-refractivity contribution in [2.24, 2.45) is 0 Å². The molecular weight excluding hydrogens is 476 g/mol. The minimum absolute atomic E-state index is 0. The molecule has 2 aromatic heterocycles. The molecule has 0 saturated heterocycles. The number of carbonyl (C=O) groups excluding carboxylic acids is 4. The first-order chi connectivity index (χ1) is 16.5. The van der Waals surface area contributed by atoms with Gasteiger partial charge in [-0.15, -0.1) is 24.3 Å². The summed E-state index contributed by atoms with van der Waals surface area (Å²) in [6.45, 7) is 0. The van der Waals surface area contributed by atoms with E-state index in [1.807, 2.05) is 36.4 Å². The van der Waals surface area contributed by atoms with E-state index in [0.717, 1.165) is 0 Å². The van der Waals surface area contributed by atoms with Crippen molar-refractivity contribution in [3.05, 3.63) is 145 Å². The predicted octanol–water partition coefficient (Wildman–Crippen LogP) is 3.54. The third-order valence-electron chi connectivity index (χ3n) is 4.60. The Morgan fingerprint density at radius 3 is 1.09 bits per heavy atom. The topological polar surface area (TPSA) is 111 Å². The summed E-state index contributed by atoms with van der Waals surface area (Å²) in [6.07, 6.45) is 8.93. The molecule has 0 aliphatic heterocycles. The molecule has 0 fully saturated rings. The van der Waals surface area contributed by atoms with E-state index < -0.39 is 0 Å². The molecule has 0 atom stereocenters. The fourth-order valence-corrected chi connectivity index (χ4v) is 2.84. The van der Waals surface area contributed by atoms with Gasteiger partial charge >= 0.3 is 0 Å². The standard InChI is InChI=1S/2C14H10NO2.Ti/c2*16-13(11-5-2-1-3-6-11)9-14(17)12-7-4-8-15-10-12;/h2*1-10H;/q2*-1;/p+4. The van der Waals surface area contributed by atoms with Crippen LogP contribution in [0.15, 0.2) is 110 Å².